The third kappa shape index (κ3) is 4.56. The maximum absolute atomic E-state index is 13.0. The quantitative estimate of drug-likeness (QED) is 0.453. The standard InChI is InChI=1S/C25H22N4O3S/c1-16-8-10-19(11-9-16)29-15-18(14-23(29)30)25(31)26-20-6-3-2-5-17(20)13-22-27-24(28-32-22)21-7-4-12-33-21/h2-12,18H,13-15H2,1H3,(H,26,31). The lowest BCUT2D eigenvalue weighted by atomic mass is 10.1. The van der Waals surface area contributed by atoms with Gasteiger partial charge in [0.2, 0.25) is 23.5 Å². The first-order valence-corrected chi connectivity index (χ1v) is 11.6. The van der Waals surface area contributed by atoms with E-state index < -0.39 is 5.92 Å². The Labute approximate surface area is 195 Å². The van der Waals surface area contributed by atoms with Gasteiger partial charge in [-0.3, -0.25) is 9.59 Å². The van der Waals surface area contributed by atoms with Crippen molar-refractivity contribution in [3.63, 3.8) is 0 Å². The van der Waals surface area contributed by atoms with Gasteiger partial charge in [-0.15, -0.1) is 11.3 Å². The SMILES string of the molecule is Cc1ccc(N2CC(C(=O)Nc3ccccc3Cc3nc(-c4cccs4)no3)CC2=O)cc1. The van der Waals surface area contributed by atoms with Crippen molar-refractivity contribution in [2.75, 3.05) is 16.8 Å². The Morgan fingerprint density at radius 1 is 1.15 bits per heavy atom. The van der Waals surface area contributed by atoms with Crippen LogP contribution in [0.2, 0.25) is 0 Å². The third-order valence-electron chi connectivity index (χ3n) is 5.67. The van der Waals surface area contributed by atoms with Gasteiger partial charge in [0.25, 0.3) is 0 Å². The lowest BCUT2D eigenvalue weighted by Gasteiger charge is -2.17. The van der Waals surface area contributed by atoms with Crippen molar-refractivity contribution in [1.29, 1.82) is 0 Å². The molecule has 1 saturated heterocycles. The molecule has 0 saturated carbocycles. The molecule has 1 N–H and O–H groups in total. The van der Waals surface area contributed by atoms with Crippen molar-refractivity contribution in [2.24, 2.45) is 5.92 Å². The fourth-order valence-corrected chi connectivity index (χ4v) is 4.53. The second-order valence-electron chi connectivity index (χ2n) is 8.05. The van der Waals surface area contributed by atoms with E-state index in [2.05, 4.69) is 15.5 Å². The Bertz CT molecular complexity index is 1280. The minimum atomic E-state index is -0.416. The highest BCUT2D eigenvalue weighted by atomic mass is 32.1. The summed E-state index contributed by atoms with van der Waals surface area (Å²) < 4.78 is 5.42. The monoisotopic (exact) mass is 458 g/mol. The molecular formula is C25H22N4O3S. The lowest BCUT2D eigenvalue weighted by molar-refractivity contribution is -0.122. The lowest BCUT2D eigenvalue weighted by Crippen LogP contribution is -2.28. The molecule has 1 aliphatic heterocycles. The fraction of sp³-hybridized carbons (Fsp3) is 0.200. The number of carbonyl (C=O) groups is 2. The molecule has 1 unspecified atom stereocenters. The van der Waals surface area contributed by atoms with Crippen molar-refractivity contribution < 1.29 is 14.1 Å². The minimum Gasteiger partial charge on any atom is -0.339 e. The molecule has 2 aromatic heterocycles. The van der Waals surface area contributed by atoms with Gasteiger partial charge in [0.1, 0.15) is 0 Å². The number of amides is 2. The summed E-state index contributed by atoms with van der Waals surface area (Å²) in [6.45, 7) is 2.37. The smallest absolute Gasteiger partial charge is 0.231 e. The summed E-state index contributed by atoms with van der Waals surface area (Å²) in [7, 11) is 0. The van der Waals surface area contributed by atoms with Gasteiger partial charge in [-0.2, -0.15) is 4.98 Å². The molecule has 0 radical (unpaired) electrons. The second kappa shape index (κ2) is 8.99. The highest BCUT2D eigenvalue weighted by Crippen LogP contribution is 2.28. The van der Waals surface area contributed by atoms with Crippen molar-refractivity contribution in [3.05, 3.63) is 83.1 Å². The van der Waals surface area contributed by atoms with Crippen molar-refractivity contribution in [2.45, 2.75) is 19.8 Å². The Balaban J connectivity index is 1.28. The van der Waals surface area contributed by atoms with Crippen LogP contribution in [-0.2, 0) is 16.0 Å². The van der Waals surface area contributed by atoms with Gasteiger partial charge in [-0.05, 0) is 42.1 Å². The van der Waals surface area contributed by atoms with E-state index in [1.54, 1.807) is 16.2 Å². The van der Waals surface area contributed by atoms with Crippen LogP contribution in [0, 0.1) is 12.8 Å². The average Bonchev–Trinajstić information content (AvgIpc) is 3.57. The van der Waals surface area contributed by atoms with E-state index in [4.69, 9.17) is 4.52 Å². The molecule has 2 amide bonds. The maximum Gasteiger partial charge on any atom is 0.231 e. The van der Waals surface area contributed by atoms with Gasteiger partial charge in [0, 0.05) is 24.3 Å². The Kier molecular flexibility index (Phi) is 5.75. The van der Waals surface area contributed by atoms with Crippen LogP contribution < -0.4 is 10.2 Å². The molecule has 5 rings (SSSR count). The van der Waals surface area contributed by atoms with Crippen LogP contribution in [0.15, 0.2) is 70.6 Å². The zero-order valence-corrected chi connectivity index (χ0v) is 18.8. The molecule has 166 valence electrons. The number of aromatic nitrogens is 2. The number of hydrogen-bond donors (Lipinski definition) is 1. The zero-order chi connectivity index (χ0) is 22.8. The van der Waals surface area contributed by atoms with Crippen LogP contribution in [0.3, 0.4) is 0 Å². The van der Waals surface area contributed by atoms with E-state index in [0.717, 1.165) is 21.7 Å². The molecule has 3 heterocycles. The third-order valence-corrected chi connectivity index (χ3v) is 6.53. The number of nitrogens with zero attached hydrogens (tertiary/aromatic N) is 3. The van der Waals surface area contributed by atoms with Gasteiger partial charge in [0.05, 0.1) is 17.2 Å². The predicted octanol–water partition coefficient (Wildman–Crippen LogP) is 4.69. The summed E-state index contributed by atoms with van der Waals surface area (Å²) in [5, 5.41) is 9.02. The zero-order valence-electron chi connectivity index (χ0n) is 18.0. The van der Waals surface area contributed by atoms with E-state index in [1.807, 2.05) is 73.0 Å². The molecule has 0 bridgehead atoms. The van der Waals surface area contributed by atoms with Gasteiger partial charge < -0.3 is 14.7 Å². The Morgan fingerprint density at radius 3 is 2.76 bits per heavy atom. The summed E-state index contributed by atoms with van der Waals surface area (Å²) >= 11 is 1.55. The minimum absolute atomic E-state index is 0.0424. The number of anilines is 2. The van der Waals surface area contributed by atoms with Gasteiger partial charge in [-0.25, -0.2) is 0 Å². The van der Waals surface area contributed by atoms with Crippen LogP contribution in [0.4, 0.5) is 11.4 Å². The normalized spacial score (nSPS) is 15.7. The van der Waals surface area contributed by atoms with Crippen molar-refractivity contribution in [3.8, 4) is 10.7 Å². The Hall–Kier alpha value is -3.78. The number of hydrogen-bond acceptors (Lipinski definition) is 6. The molecule has 4 aromatic rings. The fourth-order valence-electron chi connectivity index (χ4n) is 3.88. The number of nitrogens with one attached hydrogen (secondary N) is 1. The highest BCUT2D eigenvalue weighted by molar-refractivity contribution is 7.13. The van der Waals surface area contributed by atoms with E-state index in [9.17, 15) is 9.59 Å². The number of benzene rings is 2. The number of para-hydroxylation sites is 1. The second-order valence-corrected chi connectivity index (χ2v) is 9.00. The first-order chi connectivity index (χ1) is 16.1. The molecule has 33 heavy (non-hydrogen) atoms. The summed E-state index contributed by atoms with van der Waals surface area (Å²) in [4.78, 5) is 32.7. The first-order valence-electron chi connectivity index (χ1n) is 10.7. The summed E-state index contributed by atoms with van der Waals surface area (Å²) in [5.41, 5.74) is 3.49. The van der Waals surface area contributed by atoms with Crippen molar-refractivity contribution in [1.82, 2.24) is 10.1 Å². The highest BCUT2D eigenvalue weighted by Gasteiger charge is 2.35. The molecule has 0 spiro atoms. The number of thiophene rings is 1. The molecular weight excluding hydrogens is 436 g/mol. The van der Waals surface area contributed by atoms with E-state index in [0.29, 0.717) is 30.4 Å². The summed E-state index contributed by atoms with van der Waals surface area (Å²) in [6, 6.07) is 19.2. The van der Waals surface area contributed by atoms with Gasteiger partial charge >= 0.3 is 0 Å². The Morgan fingerprint density at radius 2 is 1.97 bits per heavy atom. The van der Waals surface area contributed by atoms with Crippen LogP contribution >= 0.6 is 11.3 Å². The average molecular weight is 459 g/mol. The van der Waals surface area contributed by atoms with Crippen molar-refractivity contribution >= 4 is 34.5 Å². The maximum atomic E-state index is 13.0. The summed E-state index contributed by atoms with van der Waals surface area (Å²) in [6.07, 6.45) is 0.587. The van der Waals surface area contributed by atoms with E-state index in [-0.39, 0.29) is 18.2 Å². The van der Waals surface area contributed by atoms with Gasteiger partial charge in [0.15, 0.2) is 0 Å². The van der Waals surface area contributed by atoms with Gasteiger partial charge in [-0.1, -0.05) is 47.1 Å². The molecule has 2 aromatic carbocycles. The van der Waals surface area contributed by atoms with E-state index in [1.165, 1.54) is 0 Å². The van der Waals surface area contributed by atoms with E-state index >= 15 is 0 Å². The predicted molar refractivity (Wildman–Crippen MR) is 127 cm³/mol. The van der Waals surface area contributed by atoms with Crippen LogP contribution in [-0.4, -0.2) is 28.5 Å². The largest absolute Gasteiger partial charge is 0.339 e. The molecule has 1 atom stereocenters. The number of rotatable bonds is 6. The molecule has 1 aliphatic rings. The molecule has 8 heteroatoms. The summed E-state index contributed by atoms with van der Waals surface area (Å²) in [5.74, 6) is 0.402. The first kappa shape index (κ1) is 21.1. The van der Waals surface area contributed by atoms with Crippen LogP contribution in [0.25, 0.3) is 10.7 Å². The van der Waals surface area contributed by atoms with Crippen LogP contribution in [0.5, 0.6) is 0 Å². The number of carbonyl (C=O) groups excluding carboxylic acids is 2. The number of aryl methyl sites for hydroxylation is 1. The molecule has 0 aliphatic carbocycles. The molecule has 1 fully saturated rings. The van der Waals surface area contributed by atoms with Crippen LogP contribution in [0.1, 0.15) is 23.4 Å². The molecule has 7 nitrogen and oxygen atoms in total. The topological polar surface area (TPSA) is 88.3 Å².